The predicted octanol–water partition coefficient (Wildman–Crippen LogP) is 1.34. The first-order valence-electron chi connectivity index (χ1n) is 7.00. The van der Waals surface area contributed by atoms with E-state index in [-0.39, 0.29) is 17.1 Å². The van der Waals surface area contributed by atoms with Crippen LogP contribution in [0.5, 0.6) is 5.75 Å². The van der Waals surface area contributed by atoms with Gasteiger partial charge in [0.05, 0.1) is 11.6 Å². The van der Waals surface area contributed by atoms with Crippen molar-refractivity contribution in [2.75, 3.05) is 0 Å². The maximum absolute atomic E-state index is 12.3. The summed E-state index contributed by atoms with van der Waals surface area (Å²) in [5.74, 6) is -1.31. The third-order valence-corrected chi connectivity index (χ3v) is 3.71. The molecule has 1 heterocycles. The molecule has 0 saturated heterocycles. The number of nitrogens with zero attached hydrogens (tertiary/aromatic N) is 1. The van der Waals surface area contributed by atoms with Gasteiger partial charge >= 0.3 is 0 Å². The molecular formula is C16H18N2O4. The summed E-state index contributed by atoms with van der Waals surface area (Å²) in [4.78, 5) is 36.1. The molecule has 0 bridgehead atoms. The van der Waals surface area contributed by atoms with Crippen LogP contribution in [0.15, 0.2) is 29.1 Å². The highest BCUT2D eigenvalue weighted by molar-refractivity contribution is 6.03. The van der Waals surface area contributed by atoms with Crippen LogP contribution in [-0.2, 0) is 11.8 Å². The van der Waals surface area contributed by atoms with E-state index >= 15 is 0 Å². The van der Waals surface area contributed by atoms with E-state index in [4.69, 9.17) is 0 Å². The van der Waals surface area contributed by atoms with E-state index in [9.17, 15) is 19.5 Å². The Balaban J connectivity index is 2.58. The van der Waals surface area contributed by atoms with Gasteiger partial charge in [0, 0.05) is 12.4 Å². The number of para-hydroxylation sites is 1. The number of aromatic nitrogens is 1. The second-order valence-electron chi connectivity index (χ2n) is 5.15. The first kappa shape index (κ1) is 15.8. The van der Waals surface area contributed by atoms with Crippen molar-refractivity contribution in [2.24, 2.45) is 7.05 Å². The molecule has 1 aromatic heterocycles. The van der Waals surface area contributed by atoms with Crippen LogP contribution in [0.25, 0.3) is 10.9 Å². The van der Waals surface area contributed by atoms with Gasteiger partial charge in [-0.25, -0.2) is 0 Å². The van der Waals surface area contributed by atoms with Crippen LogP contribution in [-0.4, -0.2) is 27.4 Å². The third-order valence-electron chi connectivity index (χ3n) is 3.71. The number of rotatable bonds is 4. The van der Waals surface area contributed by atoms with E-state index in [0.29, 0.717) is 17.3 Å². The number of pyridine rings is 1. The highest BCUT2D eigenvalue weighted by atomic mass is 16.3. The molecule has 0 aliphatic heterocycles. The molecule has 1 atom stereocenters. The number of nitrogens with one attached hydrogen (secondary N) is 1. The number of carbonyl (C=O) groups is 2. The molecule has 0 unspecified atom stereocenters. The Bertz CT molecular complexity index is 808. The molecule has 6 nitrogen and oxygen atoms in total. The van der Waals surface area contributed by atoms with E-state index in [1.54, 1.807) is 31.2 Å². The molecule has 22 heavy (non-hydrogen) atoms. The molecule has 1 aromatic carbocycles. The fraction of sp³-hybridized carbons (Fsp3) is 0.312. The maximum atomic E-state index is 12.3. The number of amides is 1. The summed E-state index contributed by atoms with van der Waals surface area (Å²) < 4.78 is 1.30. The maximum Gasteiger partial charge on any atom is 0.267 e. The normalized spacial score (nSPS) is 12.1. The second kappa shape index (κ2) is 6.01. The fourth-order valence-electron chi connectivity index (χ4n) is 2.41. The Kier molecular flexibility index (Phi) is 4.30. The summed E-state index contributed by atoms with van der Waals surface area (Å²) in [6, 6.07) is 6.08. The fourth-order valence-corrected chi connectivity index (χ4v) is 2.41. The van der Waals surface area contributed by atoms with Gasteiger partial charge in [-0.3, -0.25) is 14.4 Å². The number of hydrogen-bond acceptors (Lipinski definition) is 4. The van der Waals surface area contributed by atoms with Crippen molar-refractivity contribution >= 4 is 22.6 Å². The summed E-state index contributed by atoms with van der Waals surface area (Å²) in [5, 5.41) is 13.2. The van der Waals surface area contributed by atoms with Crippen molar-refractivity contribution in [2.45, 2.75) is 26.3 Å². The number of hydrogen-bond donors (Lipinski definition) is 2. The average molecular weight is 302 g/mol. The van der Waals surface area contributed by atoms with Gasteiger partial charge in [-0.05, 0) is 25.5 Å². The quantitative estimate of drug-likeness (QED) is 0.892. The second-order valence-corrected chi connectivity index (χ2v) is 5.15. The summed E-state index contributed by atoms with van der Waals surface area (Å²) in [6.07, 6.45) is 0.412. The molecule has 2 rings (SSSR count). The molecule has 2 aromatic rings. The lowest BCUT2D eigenvalue weighted by Crippen LogP contribution is -2.42. The first-order chi connectivity index (χ1) is 10.4. The van der Waals surface area contributed by atoms with Crippen LogP contribution in [0, 0.1) is 0 Å². The van der Waals surface area contributed by atoms with Crippen molar-refractivity contribution in [3.8, 4) is 5.75 Å². The number of ketones is 1. The highest BCUT2D eigenvalue weighted by Crippen LogP contribution is 2.25. The Labute approximate surface area is 127 Å². The molecule has 6 heteroatoms. The number of benzene rings is 1. The molecule has 0 aliphatic carbocycles. The number of aromatic hydroxyl groups is 1. The SMILES string of the molecule is CC[C@H](NC(=O)c1c(O)c2ccccc2n(C)c1=O)C(C)=O. The van der Waals surface area contributed by atoms with Gasteiger partial charge in [-0.1, -0.05) is 19.1 Å². The van der Waals surface area contributed by atoms with E-state index in [2.05, 4.69) is 5.32 Å². The van der Waals surface area contributed by atoms with Crippen molar-refractivity contribution in [1.29, 1.82) is 0 Å². The molecular weight excluding hydrogens is 284 g/mol. The van der Waals surface area contributed by atoms with Crippen LogP contribution < -0.4 is 10.9 Å². The zero-order valence-electron chi connectivity index (χ0n) is 12.7. The largest absolute Gasteiger partial charge is 0.506 e. The molecule has 116 valence electrons. The van der Waals surface area contributed by atoms with Crippen LogP contribution >= 0.6 is 0 Å². The Morgan fingerprint density at radius 2 is 1.95 bits per heavy atom. The Hall–Kier alpha value is -2.63. The van der Waals surface area contributed by atoms with Gasteiger partial charge in [0.25, 0.3) is 11.5 Å². The topological polar surface area (TPSA) is 88.4 Å². The molecule has 0 radical (unpaired) electrons. The average Bonchev–Trinajstić information content (AvgIpc) is 2.50. The minimum absolute atomic E-state index is 0.201. The molecule has 0 fully saturated rings. The van der Waals surface area contributed by atoms with Crippen LogP contribution in [0.1, 0.15) is 30.6 Å². The zero-order valence-corrected chi connectivity index (χ0v) is 12.7. The van der Waals surface area contributed by atoms with Gasteiger partial charge in [0.2, 0.25) is 0 Å². The van der Waals surface area contributed by atoms with Gasteiger partial charge in [0.1, 0.15) is 11.3 Å². The highest BCUT2D eigenvalue weighted by Gasteiger charge is 2.24. The molecule has 0 spiro atoms. The van der Waals surface area contributed by atoms with E-state index in [1.165, 1.54) is 18.5 Å². The van der Waals surface area contributed by atoms with Crippen molar-refractivity contribution in [3.05, 3.63) is 40.2 Å². The van der Waals surface area contributed by atoms with Crippen molar-refractivity contribution in [3.63, 3.8) is 0 Å². The third kappa shape index (κ3) is 2.59. The summed E-state index contributed by atoms with van der Waals surface area (Å²) in [7, 11) is 1.53. The number of aryl methyl sites for hydroxylation is 1. The minimum atomic E-state index is -0.745. The Morgan fingerprint density at radius 1 is 1.32 bits per heavy atom. The lowest BCUT2D eigenvalue weighted by Gasteiger charge is -2.15. The first-order valence-corrected chi connectivity index (χ1v) is 7.00. The number of Topliss-reactive ketones (excluding diaryl/α,β-unsaturated/α-hetero) is 1. The molecule has 2 N–H and O–H groups in total. The number of carbonyl (C=O) groups excluding carboxylic acids is 2. The Morgan fingerprint density at radius 3 is 2.55 bits per heavy atom. The minimum Gasteiger partial charge on any atom is -0.506 e. The summed E-state index contributed by atoms with van der Waals surface area (Å²) >= 11 is 0. The van der Waals surface area contributed by atoms with Crippen molar-refractivity contribution in [1.82, 2.24) is 9.88 Å². The van der Waals surface area contributed by atoms with E-state index in [0.717, 1.165) is 0 Å². The van der Waals surface area contributed by atoms with Gasteiger partial charge in [0.15, 0.2) is 5.78 Å². The van der Waals surface area contributed by atoms with Crippen LogP contribution in [0.2, 0.25) is 0 Å². The van der Waals surface area contributed by atoms with Crippen LogP contribution in [0.4, 0.5) is 0 Å². The van der Waals surface area contributed by atoms with Crippen molar-refractivity contribution < 1.29 is 14.7 Å². The zero-order chi connectivity index (χ0) is 16.4. The smallest absolute Gasteiger partial charge is 0.267 e. The monoisotopic (exact) mass is 302 g/mol. The van der Waals surface area contributed by atoms with E-state index < -0.39 is 17.5 Å². The standard InChI is InChI=1S/C16H18N2O4/c1-4-11(9(2)19)17-15(21)13-14(20)10-7-5-6-8-12(10)18(3)16(13)22/h5-8,11,20H,4H2,1-3H3,(H,17,21)/t11-/m0/s1. The van der Waals surface area contributed by atoms with E-state index in [1.807, 2.05) is 0 Å². The van der Waals surface area contributed by atoms with Gasteiger partial charge in [-0.2, -0.15) is 0 Å². The van der Waals surface area contributed by atoms with Gasteiger partial charge in [-0.15, -0.1) is 0 Å². The predicted molar refractivity (Wildman–Crippen MR) is 83.1 cm³/mol. The lowest BCUT2D eigenvalue weighted by atomic mass is 10.1. The summed E-state index contributed by atoms with van der Waals surface area (Å²) in [6.45, 7) is 3.12. The van der Waals surface area contributed by atoms with Gasteiger partial charge < -0.3 is 15.0 Å². The molecule has 0 saturated carbocycles. The van der Waals surface area contributed by atoms with Crippen LogP contribution in [0.3, 0.4) is 0 Å². The number of fused-ring (bicyclic) bond motifs is 1. The molecule has 0 aliphatic rings. The lowest BCUT2D eigenvalue weighted by molar-refractivity contribution is -0.118. The summed E-state index contributed by atoms with van der Waals surface area (Å²) in [5.41, 5.74) is -0.423. The molecule has 1 amide bonds.